The van der Waals surface area contributed by atoms with Gasteiger partial charge < -0.3 is 20.5 Å². The van der Waals surface area contributed by atoms with Crippen LogP contribution in [0.5, 0.6) is 0 Å². The van der Waals surface area contributed by atoms with E-state index in [1.807, 2.05) is 30.3 Å². The second-order valence-electron chi connectivity index (χ2n) is 7.73. The number of hydrogen-bond donors (Lipinski definition) is 3. The molecule has 0 aromatic heterocycles. The van der Waals surface area contributed by atoms with E-state index in [2.05, 4.69) is 46.8 Å². The molecule has 5 nitrogen and oxygen atoms in total. The predicted octanol–water partition coefficient (Wildman–Crippen LogP) is 3.40. The number of hydrogen-bond acceptors (Lipinski definition) is 3. The van der Waals surface area contributed by atoms with Crippen molar-refractivity contribution in [3.05, 3.63) is 71.3 Å². The number of aryl methyl sites for hydroxylation is 1. The summed E-state index contributed by atoms with van der Waals surface area (Å²) in [5, 5.41) is 16.6. The summed E-state index contributed by atoms with van der Waals surface area (Å²) in [6.45, 7) is 4.45. The highest BCUT2D eigenvalue weighted by atomic mass is 16.5. The predicted molar refractivity (Wildman–Crippen MR) is 118 cm³/mol. The molecule has 1 aliphatic heterocycles. The lowest BCUT2D eigenvalue weighted by Gasteiger charge is -2.32. The molecule has 1 saturated heterocycles. The standard InChI is InChI=1S/C24H33N3O2/c1-18-10-12-20(13-11-18)23-21(9-6-14-29-23)15-26-24(25-2)27-16-22(17-28)19-7-4-3-5-8-19/h3-5,7-8,10-13,21-23,28H,6,9,14-17H2,1-2H3,(H2,25,26,27). The molecule has 2 aromatic carbocycles. The van der Waals surface area contributed by atoms with Crippen molar-refractivity contribution in [3.8, 4) is 0 Å². The Labute approximate surface area is 174 Å². The summed E-state index contributed by atoms with van der Waals surface area (Å²) in [6.07, 6.45) is 2.33. The van der Waals surface area contributed by atoms with Crippen molar-refractivity contribution in [2.45, 2.75) is 31.8 Å². The molecular formula is C24H33N3O2. The Hall–Kier alpha value is -2.37. The van der Waals surface area contributed by atoms with Crippen LogP contribution in [-0.2, 0) is 4.74 Å². The van der Waals surface area contributed by atoms with Gasteiger partial charge in [-0.2, -0.15) is 0 Å². The first-order valence-electron chi connectivity index (χ1n) is 10.5. The molecule has 3 atom stereocenters. The molecule has 0 radical (unpaired) electrons. The van der Waals surface area contributed by atoms with Gasteiger partial charge in [-0.15, -0.1) is 0 Å². The van der Waals surface area contributed by atoms with E-state index < -0.39 is 0 Å². The molecule has 3 N–H and O–H groups in total. The summed E-state index contributed by atoms with van der Waals surface area (Å²) in [5.41, 5.74) is 3.63. The molecule has 3 unspecified atom stereocenters. The maximum Gasteiger partial charge on any atom is 0.191 e. The molecule has 5 heteroatoms. The van der Waals surface area contributed by atoms with Gasteiger partial charge in [0.25, 0.3) is 0 Å². The average molecular weight is 396 g/mol. The second kappa shape index (κ2) is 11.0. The number of guanidine groups is 1. The van der Waals surface area contributed by atoms with Crippen molar-refractivity contribution in [2.75, 3.05) is 33.4 Å². The fraction of sp³-hybridized carbons (Fsp3) is 0.458. The van der Waals surface area contributed by atoms with Crippen LogP contribution in [0, 0.1) is 12.8 Å². The van der Waals surface area contributed by atoms with E-state index in [1.165, 1.54) is 11.1 Å². The van der Waals surface area contributed by atoms with Gasteiger partial charge >= 0.3 is 0 Å². The number of ether oxygens (including phenoxy) is 1. The van der Waals surface area contributed by atoms with Crippen molar-refractivity contribution >= 4 is 5.96 Å². The van der Waals surface area contributed by atoms with Crippen molar-refractivity contribution in [1.82, 2.24) is 10.6 Å². The van der Waals surface area contributed by atoms with Gasteiger partial charge in [0, 0.05) is 38.6 Å². The number of aliphatic hydroxyl groups excluding tert-OH is 1. The number of nitrogens with zero attached hydrogens (tertiary/aromatic N) is 1. The van der Waals surface area contributed by atoms with Crippen molar-refractivity contribution in [2.24, 2.45) is 10.9 Å². The van der Waals surface area contributed by atoms with Crippen LogP contribution in [0.2, 0.25) is 0 Å². The summed E-state index contributed by atoms with van der Waals surface area (Å²) < 4.78 is 6.12. The van der Waals surface area contributed by atoms with Gasteiger partial charge in [-0.05, 0) is 30.9 Å². The van der Waals surface area contributed by atoms with Crippen LogP contribution in [0.25, 0.3) is 0 Å². The third kappa shape index (κ3) is 6.05. The average Bonchev–Trinajstić information content (AvgIpc) is 2.78. The molecule has 0 amide bonds. The zero-order valence-electron chi connectivity index (χ0n) is 17.5. The van der Waals surface area contributed by atoms with Gasteiger partial charge in [0.2, 0.25) is 0 Å². The molecule has 0 saturated carbocycles. The number of benzene rings is 2. The van der Waals surface area contributed by atoms with Crippen LogP contribution in [-0.4, -0.2) is 44.4 Å². The summed E-state index contributed by atoms with van der Waals surface area (Å²) in [5.74, 6) is 1.19. The fourth-order valence-electron chi connectivity index (χ4n) is 3.86. The lowest BCUT2D eigenvalue weighted by atomic mass is 9.89. The first kappa shape index (κ1) is 21.3. The van der Waals surface area contributed by atoms with Crippen LogP contribution in [0.15, 0.2) is 59.6 Å². The molecule has 2 aromatic rings. The lowest BCUT2D eigenvalue weighted by molar-refractivity contribution is -0.0265. The monoisotopic (exact) mass is 395 g/mol. The third-order valence-corrected chi connectivity index (χ3v) is 5.61. The van der Waals surface area contributed by atoms with Crippen LogP contribution >= 0.6 is 0 Å². The van der Waals surface area contributed by atoms with Gasteiger partial charge in [0.15, 0.2) is 5.96 Å². The normalized spacial score (nSPS) is 20.9. The molecule has 0 aliphatic carbocycles. The highest BCUT2D eigenvalue weighted by Gasteiger charge is 2.27. The number of rotatable bonds is 7. The molecule has 0 spiro atoms. The molecule has 29 heavy (non-hydrogen) atoms. The third-order valence-electron chi connectivity index (χ3n) is 5.61. The first-order valence-corrected chi connectivity index (χ1v) is 10.5. The molecule has 1 fully saturated rings. The van der Waals surface area contributed by atoms with E-state index in [9.17, 15) is 5.11 Å². The van der Waals surface area contributed by atoms with Gasteiger partial charge in [0.05, 0.1) is 12.7 Å². The maximum absolute atomic E-state index is 9.76. The Morgan fingerprint density at radius 3 is 2.59 bits per heavy atom. The molecule has 156 valence electrons. The molecular weight excluding hydrogens is 362 g/mol. The lowest BCUT2D eigenvalue weighted by Crippen LogP contribution is -2.43. The minimum Gasteiger partial charge on any atom is -0.396 e. The van der Waals surface area contributed by atoms with Gasteiger partial charge in [-0.3, -0.25) is 4.99 Å². The first-order chi connectivity index (χ1) is 14.2. The smallest absolute Gasteiger partial charge is 0.191 e. The maximum atomic E-state index is 9.76. The van der Waals surface area contributed by atoms with Crippen LogP contribution in [0.4, 0.5) is 0 Å². The Morgan fingerprint density at radius 2 is 1.90 bits per heavy atom. The number of nitrogens with one attached hydrogen (secondary N) is 2. The summed E-state index contributed by atoms with van der Waals surface area (Å²) in [4.78, 5) is 4.35. The zero-order chi connectivity index (χ0) is 20.5. The summed E-state index contributed by atoms with van der Waals surface area (Å²) >= 11 is 0. The zero-order valence-corrected chi connectivity index (χ0v) is 17.5. The minimum atomic E-state index is 0.0353. The van der Waals surface area contributed by atoms with Gasteiger partial charge in [0.1, 0.15) is 0 Å². The van der Waals surface area contributed by atoms with Gasteiger partial charge in [-0.25, -0.2) is 0 Å². The van der Waals surface area contributed by atoms with E-state index in [0.717, 1.165) is 37.5 Å². The van der Waals surface area contributed by atoms with Crippen molar-refractivity contribution < 1.29 is 9.84 Å². The van der Waals surface area contributed by atoms with E-state index in [-0.39, 0.29) is 18.6 Å². The molecule has 1 aliphatic rings. The Kier molecular flexibility index (Phi) is 8.08. The second-order valence-corrected chi connectivity index (χ2v) is 7.73. The van der Waals surface area contributed by atoms with Crippen LogP contribution in [0.3, 0.4) is 0 Å². The number of aliphatic hydroxyl groups is 1. The van der Waals surface area contributed by atoms with Crippen LogP contribution < -0.4 is 10.6 Å². The summed E-state index contributed by atoms with van der Waals surface area (Å²) in [7, 11) is 1.78. The Morgan fingerprint density at radius 1 is 1.14 bits per heavy atom. The van der Waals surface area contributed by atoms with Crippen molar-refractivity contribution in [3.63, 3.8) is 0 Å². The number of aliphatic imine (C=N–C) groups is 1. The minimum absolute atomic E-state index is 0.0353. The largest absolute Gasteiger partial charge is 0.396 e. The molecule has 3 rings (SSSR count). The van der Waals surface area contributed by atoms with E-state index in [4.69, 9.17) is 4.74 Å². The van der Waals surface area contributed by atoms with E-state index in [0.29, 0.717) is 12.5 Å². The van der Waals surface area contributed by atoms with Gasteiger partial charge in [-0.1, -0.05) is 60.2 Å². The van der Waals surface area contributed by atoms with E-state index >= 15 is 0 Å². The summed E-state index contributed by atoms with van der Waals surface area (Å²) in [6, 6.07) is 18.7. The van der Waals surface area contributed by atoms with Crippen LogP contribution in [0.1, 0.15) is 41.6 Å². The molecule has 1 heterocycles. The van der Waals surface area contributed by atoms with Crippen molar-refractivity contribution in [1.29, 1.82) is 0 Å². The fourth-order valence-corrected chi connectivity index (χ4v) is 3.86. The quantitative estimate of drug-likeness (QED) is 0.497. The Balaban J connectivity index is 1.55. The van der Waals surface area contributed by atoms with E-state index in [1.54, 1.807) is 7.05 Å². The highest BCUT2D eigenvalue weighted by molar-refractivity contribution is 5.79. The topological polar surface area (TPSA) is 65.9 Å². The Bertz CT molecular complexity index is 761. The molecule has 0 bridgehead atoms. The SMILES string of the molecule is CN=C(NCC(CO)c1ccccc1)NCC1CCCOC1c1ccc(C)cc1. The highest BCUT2D eigenvalue weighted by Crippen LogP contribution is 2.33.